The van der Waals surface area contributed by atoms with Crippen molar-refractivity contribution in [3.63, 3.8) is 0 Å². The normalized spacial score (nSPS) is 12.7. The number of nitrogens with one attached hydrogen (secondary N) is 1. The summed E-state index contributed by atoms with van der Waals surface area (Å²) < 4.78 is 1.34. The Kier molecular flexibility index (Phi) is 5.54. The largest absolute Gasteiger partial charge is 0.347 e. The first-order valence-corrected chi connectivity index (χ1v) is 8.30. The molecule has 0 aliphatic heterocycles. The third kappa shape index (κ3) is 3.91. The molecule has 0 unspecified atom stereocenters. The molecule has 5 nitrogen and oxygen atoms in total. The van der Waals surface area contributed by atoms with Crippen molar-refractivity contribution in [1.82, 2.24) is 15.1 Å². The van der Waals surface area contributed by atoms with Crippen LogP contribution in [0.15, 0.2) is 47.3 Å². The Bertz CT molecular complexity index is 751. The zero-order valence-corrected chi connectivity index (χ0v) is 14.7. The van der Waals surface area contributed by atoms with E-state index in [1.165, 1.54) is 16.8 Å². The Morgan fingerprint density at radius 3 is 2.50 bits per heavy atom. The number of carbonyl (C=O) groups excluding carboxylic acids is 1. The van der Waals surface area contributed by atoms with Crippen LogP contribution in [0.5, 0.6) is 0 Å². The molecule has 128 valence electrons. The molecule has 1 aromatic heterocycles. The molecule has 1 heterocycles. The van der Waals surface area contributed by atoms with Gasteiger partial charge in [0.25, 0.3) is 11.5 Å². The first-order valence-electron chi connectivity index (χ1n) is 8.30. The molecule has 0 saturated carbocycles. The molecule has 5 heteroatoms. The second-order valence-electron chi connectivity index (χ2n) is 6.56. The summed E-state index contributed by atoms with van der Waals surface area (Å²) >= 11 is 0. The summed E-state index contributed by atoms with van der Waals surface area (Å²) in [5.41, 5.74) is 1.00. The average Bonchev–Trinajstić information content (AvgIpc) is 2.57. The summed E-state index contributed by atoms with van der Waals surface area (Å²) in [5.74, 6) is -0.267. The zero-order chi connectivity index (χ0) is 17.7. The molecule has 1 amide bonds. The van der Waals surface area contributed by atoms with Crippen LogP contribution in [0.3, 0.4) is 0 Å². The number of benzene rings is 1. The van der Waals surface area contributed by atoms with Gasteiger partial charge >= 0.3 is 0 Å². The fourth-order valence-electron chi connectivity index (χ4n) is 2.51. The fourth-order valence-corrected chi connectivity index (χ4v) is 2.51. The van der Waals surface area contributed by atoms with E-state index in [-0.39, 0.29) is 28.6 Å². The number of hydrogen-bond donors (Lipinski definition) is 1. The van der Waals surface area contributed by atoms with Gasteiger partial charge in [-0.05, 0) is 25.0 Å². The van der Waals surface area contributed by atoms with Gasteiger partial charge in [-0.1, -0.05) is 51.1 Å². The summed E-state index contributed by atoms with van der Waals surface area (Å²) in [6.45, 7) is 8.64. The molecule has 1 atom stereocenters. The number of carbonyl (C=O) groups is 1. The number of rotatable bonds is 6. The Morgan fingerprint density at radius 1 is 1.21 bits per heavy atom. The molecule has 0 radical (unpaired) electrons. The van der Waals surface area contributed by atoms with Gasteiger partial charge in [0, 0.05) is 24.1 Å². The zero-order valence-electron chi connectivity index (χ0n) is 14.7. The minimum atomic E-state index is -0.267. The van der Waals surface area contributed by atoms with E-state index >= 15 is 0 Å². The van der Waals surface area contributed by atoms with Gasteiger partial charge in [-0.3, -0.25) is 9.59 Å². The second kappa shape index (κ2) is 7.43. The van der Waals surface area contributed by atoms with Crippen LogP contribution in [0.25, 0.3) is 0 Å². The molecule has 1 N–H and O–H groups in total. The molecule has 0 saturated heterocycles. The van der Waals surface area contributed by atoms with Crippen LogP contribution in [0.4, 0.5) is 0 Å². The lowest BCUT2D eigenvalue weighted by Crippen LogP contribution is -2.46. The van der Waals surface area contributed by atoms with Gasteiger partial charge in [-0.2, -0.15) is 5.10 Å². The third-order valence-electron chi connectivity index (χ3n) is 4.48. The molecule has 0 spiro atoms. The Hall–Kier alpha value is -2.43. The van der Waals surface area contributed by atoms with Gasteiger partial charge in [-0.15, -0.1) is 0 Å². The van der Waals surface area contributed by atoms with Crippen LogP contribution in [0, 0.1) is 0 Å². The van der Waals surface area contributed by atoms with Gasteiger partial charge in [-0.25, -0.2) is 4.68 Å². The summed E-state index contributed by atoms with van der Waals surface area (Å²) in [7, 11) is 0. The number of aryl methyl sites for hydroxylation is 1. The van der Waals surface area contributed by atoms with Crippen LogP contribution in [-0.4, -0.2) is 21.7 Å². The highest BCUT2D eigenvalue weighted by Crippen LogP contribution is 2.26. The van der Waals surface area contributed by atoms with Gasteiger partial charge in [0.1, 0.15) is 5.69 Å². The predicted molar refractivity (Wildman–Crippen MR) is 95.2 cm³/mol. The van der Waals surface area contributed by atoms with E-state index < -0.39 is 0 Å². The molecule has 2 aromatic rings. The standard InChI is InChI=1S/C19H25N3O2/c1-5-13-22-17(23)12-11-16(21-22)18(24)20-14(2)19(3,4)15-9-7-6-8-10-15/h6-12,14H,5,13H2,1-4H3,(H,20,24)/t14-/m0/s1. The molecule has 1 aromatic carbocycles. The molecule has 0 bridgehead atoms. The monoisotopic (exact) mass is 327 g/mol. The lowest BCUT2D eigenvalue weighted by atomic mass is 9.78. The van der Waals surface area contributed by atoms with Crippen molar-refractivity contribution in [2.45, 2.75) is 52.1 Å². The number of aromatic nitrogens is 2. The topological polar surface area (TPSA) is 64.0 Å². The quantitative estimate of drug-likeness (QED) is 0.887. The smallest absolute Gasteiger partial charge is 0.271 e. The van der Waals surface area contributed by atoms with Gasteiger partial charge in [0.15, 0.2) is 0 Å². The molecule has 24 heavy (non-hydrogen) atoms. The minimum absolute atomic E-state index is 0.0965. The van der Waals surface area contributed by atoms with E-state index in [9.17, 15) is 9.59 Å². The highest BCUT2D eigenvalue weighted by molar-refractivity contribution is 5.92. The Labute approximate surface area is 142 Å². The van der Waals surface area contributed by atoms with Gasteiger partial charge < -0.3 is 5.32 Å². The van der Waals surface area contributed by atoms with Gasteiger partial charge in [0.2, 0.25) is 0 Å². The third-order valence-corrected chi connectivity index (χ3v) is 4.48. The van der Waals surface area contributed by atoms with Gasteiger partial charge in [0.05, 0.1) is 0 Å². The first kappa shape index (κ1) is 17.9. The molecular weight excluding hydrogens is 302 g/mol. The maximum Gasteiger partial charge on any atom is 0.271 e. The van der Waals surface area contributed by atoms with E-state index in [2.05, 4.69) is 36.4 Å². The lowest BCUT2D eigenvalue weighted by molar-refractivity contribution is 0.0916. The van der Waals surface area contributed by atoms with Crippen molar-refractivity contribution < 1.29 is 4.79 Å². The SMILES string of the molecule is CCCn1nc(C(=O)N[C@@H](C)C(C)(C)c2ccccc2)ccc1=O. The molecule has 2 rings (SSSR count). The lowest BCUT2D eigenvalue weighted by Gasteiger charge is -2.33. The van der Waals surface area contributed by atoms with Crippen LogP contribution in [0.1, 0.15) is 50.2 Å². The molecule has 0 fully saturated rings. The highest BCUT2D eigenvalue weighted by Gasteiger charge is 2.29. The van der Waals surface area contributed by atoms with E-state index in [1.54, 1.807) is 0 Å². The summed E-state index contributed by atoms with van der Waals surface area (Å²) in [4.78, 5) is 24.2. The van der Waals surface area contributed by atoms with E-state index in [4.69, 9.17) is 0 Å². The molecule has 0 aliphatic rings. The summed E-state index contributed by atoms with van der Waals surface area (Å²) in [6, 6.07) is 12.9. The van der Waals surface area contributed by atoms with Crippen molar-refractivity contribution in [3.05, 3.63) is 64.1 Å². The van der Waals surface area contributed by atoms with Crippen molar-refractivity contribution in [2.75, 3.05) is 0 Å². The second-order valence-corrected chi connectivity index (χ2v) is 6.56. The van der Waals surface area contributed by atoms with Crippen LogP contribution < -0.4 is 10.9 Å². The summed E-state index contributed by atoms with van der Waals surface area (Å²) in [5, 5.41) is 7.17. The molecule has 0 aliphatic carbocycles. The van der Waals surface area contributed by atoms with Crippen LogP contribution >= 0.6 is 0 Å². The first-order chi connectivity index (χ1) is 11.4. The number of hydrogen-bond acceptors (Lipinski definition) is 3. The van der Waals surface area contributed by atoms with Crippen LogP contribution in [-0.2, 0) is 12.0 Å². The highest BCUT2D eigenvalue weighted by atomic mass is 16.2. The van der Waals surface area contributed by atoms with E-state index in [0.29, 0.717) is 6.54 Å². The Balaban J connectivity index is 2.17. The number of amides is 1. The number of nitrogens with zero attached hydrogens (tertiary/aromatic N) is 2. The van der Waals surface area contributed by atoms with Crippen molar-refractivity contribution in [2.24, 2.45) is 0 Å². The molecular formula is C19H25N3O2. The van der Waals surface area contributed by atoms with Crippen molar-refractivity contribution in [3.8, 4) is 0 Å². The average molecular weight is 327 g/mol. The minimum Gasteiger partial charge on any atom is -0.347 e. The van der Waals surface area contributed by atoms with Crippen molar-refractivity contribution >= 4 is 5.91 Å². The maximum absolute atomic E-state index is 12.5. The predicted octanol–water partition coefficient (Wildman–Crippen LogP) is 2.75. The summed E-state index contributed by atoms with van der Waals surface area (Å²) in [6.07, 6.45) is 0.787. The Morgan fingerprint density at radius 2 is 1.88 bits per heavy atom. The maximum atomic E-state index is 12.5. The fraction of sp³-hybridized carbons (Fsp3) is 0.421. The van der Waals surface area contributed by atoms with Crippen LogP contribution in [0.2, 0.25) is 0 Å². The van der Waals surface area contributed by atoms with Crippen molar-refractivity contribution in [1.29, 1.82) is 0 Å². The van der Waals surface area contributed by atoms with E-state index in [0.717, 1.165) is 12.0 Å². The van der Waals surface area contributed by atoms with E-state index in [1.807, 2.05) is 32.0 Å².